The summed E-state index contributed by atoms with van der Waals surface area (Å²) in [5.74, 6) is 0.307. The second kappa shape index (κ2) is 5.38. The Morgan fingerprint density at radius 2 is 1.86 bits per heavy atom. The lowest BCUT2D eigenvalue weighted by molar-refractivity contribution is -0.133. The van der Waals surface area contributed by atoms with Gasteiger partial charge >= 0.3 is 0 Å². The highest BCUT2D eigenvalue weighted by Gasteiger charge is 2.37. The number of carbonyl (C=O) groups is 1. The molecule has 1 saturated carbocycles. The van der Waals surface area contributed by atoms with Crippen LogP contribution in [0.5, 0.6) is 0 Å². The second-order valence-electron chi connectivity index (χ2n) is 4.45. The first kappa shape index (κ1) is 11.5. The largest absolute Gasteiger partial charge is 0.356 e. The smallest absolute Gasteiger partial charge is 0.226 e. The first-order valence-electron chi connectivity index (χ1n) is 6.03. The van der Waals surface area contributed by atoms with Crippen molar-refractivity contribution in [1.82, 2.24) is 5.32 Å². The van der Waals surface area contributed by atoms with Gasteiger partial charge in [0.2, 0.25) is 5.91 Å². The molecule has 2 nitrogen and oxygen atoms in total. The third-order valence-corrected chi connectivity index (χ3v) is 3.36. The van der Waals surface area contributed by atoms with Gasteiger partial charge in [-0.3, -0.25) is 4.79 Å². The van der Waals surface area contributed by atoms with Crippen molar-refractivity contribution in [1.29, 1.82) is 0 Å². The van der Waals surface area contributed by atoms with Crippen LogP contribution in [0.3, 0.4) is 0 Å². The molecule has 14 heavy (non-hydrogen) atoms. The molecule has 1 rings (SSSR count). The molecule has 1 fully saturated rings. The van der Waals surface area contributed by atoms with Gasteiger partial charge in [0, 0.05) is 12.0 Å². The van der Waals surface area contributed by atoms with Crippen molar-refractivity contribution in [3.05, 3.63) is 0 Å². The molecule has 1 aliphatic carbocycles. The maximum absolute atomic E-state index is 12.0. The Morgan fingerprint density at radius 3 is 2.36 bits per heavy atom. The Kier molecular flexibility index (Phi) is 4.43. The minimum Gasteiger partial charge on any atom is -0.356 e. The molecule has 0 unspecified atom stereocenters. The summed E-state index contributed by atoms with van der Waals surface area (Å²) in [6.07, 6.45) is 8.18. The van der Waals surface area contributed by atoms with E-state index in [4.69, 9.17) is 0 Å². The minimum absolute atomic E-state index is 0.0109. The Labute approximate surface area is 87.5 Å². The van der Waals surface area contributed by atoms with E-state index in [2.05, 4.69) is 12.2 Å². The lowest BCUT2D eigenvalue weighted by Crippen LogP contribution is -2.42. The highest BCUT2D eigenvalue weighted by molar-refractivity contribution is 5.82. The molecule has 0 aliphatic heterocycles. The molecular formula is C12H23NO. The summed E-state index contributed by atoms with van der Waals surface area (Å²) in [5.41, 5.74) is -0.0109. The van der Waals surface area contributed by atoms with Crippen molar-refractivity contribution in [3.63, 3.8) is 0 Å². The zero-order chi connectivity index (χ0) is 10.4. The molecule has 0 spiro atoms. The maximum atomic E-state index is 12.0. The van der Waals surface area contributed by atoms with E-state index in [0.29, 0.717) is 5.91 Å². The Bertz CT molecular complexity index is 177. The normalized spacial score (nSPS) is 20.4. The molecule has 0 aromatic rings. The summed E-state index contributed by atoms with van der Waals surface area (Å²) >= 11 is 0. The predicted molar refractivity (Wildman–Crippen MR) is 59.1 cm³/mol. The summed E-state index contributed by atoms with van der Waals surface area (Å²) in [6, 6.07) is 0. The average Bonchev–Trinajstić information content (AvgIpc) is 2.20. The van der Waals surface area contributed by atoms with E-state index in [1.807, 2.05) is 6.92 Å². The molecule has 1 amide bonds. The van der Waals surface area contributed by atoms with Crippen molar-refractivity contribution < 1.29 is 4.79 Å². The van der Waals surface area contributed by atoms with Gasteiger partial charge in [0.15, 0.2) is 0 Å². The van der Waals surface area contributed by atoms with E-state index in [9.17, 15) is 4.79 Å². The van der Waals surface area contributed by atoms with Gasteiger partial charge in [-0.1, -0.05) is 32.6 Å². The van der Waals surface area contributed by atoms with Crippen molar-refractivity contribution in [3.8, 4) is 0 Å². The van der Waals surface area contributed by atoms with E-state index >= 15 is 0 Å². The number of carbonyl (C=O) groups excluding carboxylic acids is 1. The van der Waals surface area contributed by atoms with Crippen LogP contribution in [0, 0.1) is 5.41 Å². The molecule has 0 atom stereocenters. The topological polar surface area (TPSA) is 29.1 Å². The van der Waals surface area contributed by atoms with Crippen LogP contribution in [0.15, 0.2) is 0 Å². The molecule has 2 heteroatoms. The standard InChI is InChI=1S/C12H23NO/c1-3-8-12(11(14)13-4-2)9-6-5-7-10-12/h3-10H2,1-2H3,(H,13,14). The zero-order valence-electron chi connectivity index (χ0n) is 9.57. The predicted octanol–water partition coefficient (Wildman–Crippen LogP) is 2.87. The first-order chi connectivity index (χ1) is 6.75. The van der Waals surface area contributed by atoms with Crippen molar-refractivity contribution in [2.45, 2.75) is 58.8 Å². The van der Waals surface area contributed by atoms with Gasteiger partial charge in [-0.25, -0.2) is 0 Å². The van der Waals surface area contributed by atoms with Gasteiger partial charge in [0.1, 0.15) is 0 Å². The van der Waals surface area contributed by atoms with Crippen LogP contribution in [0.25, 0.3) is 0 Å². The second-order valence-corrected chi connectivity index (χ2v) is 4.45. The quantitative estimate of drug-likeness (QED) is 0.737. The van der Waals surface area contributed by atoms with E-state index < -0.39 is 0 Å². The highest BCUT2D eigenvalue weighted by Crippen LogP contribution is 2.40. The van der Waals surface area contributed by atoms with Gasteiger partial charge in [-0.05, 0) is 26.2 Å². The van der Waals surface area contributed by atoms with Gasteiger partial charge in [0.05, 0.1) is 0 Å². The summed E-state index contributed by atoms with van der Waals surface area (Å²) < 4.78 is 0. The van der Waals surface area contributed by atoms with Crippen molar-refractivity contribution in [2.24, 2.45) is 5.41 Å². The third kappa shape index (κ3) is 2.49. The summed E-state index contributed by atoms with van der Waals surface area (Å²) in [6.45, 7) is 4.94. The van der Waals surface area contributed by atoms with Crippen molar-refractivity contribution in [2.75, 3.05) is 6.54 Å². The molecule has 0 aromatic heterocycles. The SMILES string of the molecule is CCCC1(C(=O)NCC)CCCCC1. The fraction of sp³-hybridized carbons (Fsp3) is 0.917. The van der Waals surface area contributed by atoms with E-state index in [0.717, 1.165) is 32.2 Å². The molecule has 0 aromatic carbocycles. The summed E-state index contributed by atoms with van der Waals surface area (Å²) in [4.78, 5) is 12.0. The third-order valence-electron chi connectivity index (χ3n) is 3.36. The van der Waals surface area contributed by atoms with E-state index in [-0.39, 0.29) is 5.41 Å². The number of hydrogen-bond acceptors (Lipinski definition) is 1. The van der Waals surface area contributed by atoms with Crippen LogP contribution in [0.2, 0.25) is 0 Å². The monoisotopic (exact) mass is 197 g/mol. The Balaban J connectivity index is 2.63. The van der Waals surface area contributed by atoms with Crippen LogP contribution in [0.1, 0.15) is 58.8 Å². The van der Waals surface area contributed by atoms with E-state index in [1.54, 1.807) is 0 Å². The number of rotatable bonds is 4. The van der Waals surface area contributed by atoms with Crippen LogP contribution in [-0.4, -0.2) is 12.5 Å². The molecule has 1 N–H and O–H groups in total. The molecule has 82 valence electrons. The van der Waals surface area contributed by atoms with Crippen molar-refractivity contribution >= 4 is 5.91 Å². The fourth-order valence-corrected chi connectivity index (χ4v) is 2.65. The van der Waals surface area contributed by atoms with Gasteiger partial charge in [-0.2, -0.15) is 0 Å². The van der Waals surface area contributed by atoms with Gasteiger partial charge in [-0.15, -0.1) is 0 Å². The molecule has 0 heterocycles. The van der Waals surface area contributed by atoms with Crippen LogP contribution in [-0.2, 0) is 4.79 Å². The van der Waals surface area contributed by atoms with Crippen LogP contribution >= 0.6 is 0 Å². The fourth-order valence-electron chi connectivity index (χ4n) is 2.65. The molecule has 0 saturated heterocycles. The maximum Gasteiger partial charge on any atom is 0.226 e. The first-order valence-corrected chi connectivity index (χ1v) is 6.03. The molecular weight excluding hydrogens is 174 g/mol. The lowest BCUT2D eigenvalue weighted by atomic mass is 9.70. The highest BCUT2D eigenvalue weighted by atomic mass is 16.2. The summed E-state index contributed by atoms with van der Waals surface area (Å²) in [5, 5.41) is 3.00. The molecule has 0 bridgehead atoms. The zero-order valence-corrected chi connectivity index (χ0v) is 9.57. The van der Waals surface area contributed by atoms with Crippen LogP contribution < -0.4 is 5.32 Å². The van der Waals surface area contributed by atoms with Gasteiger partial charge in [0.25, 0.3) is 0 Å². The average molecular weight is 197 g/mol. The summed E-state index contributed by atoms with van der Waals surface area (Å²) in [7, 11) is 0. The molecule has 1 aliphatic rings. The number of nitrogens with one attached hydrogen (secondary N) is 1. The van der Waals surface area contributed by atoms with E-state index in [1.165, 1.54) is 19.3 Å². The Morgan fingerprint density at radius 1 is 1.21 bits per heavy atom. The minimum atomic E-state index is -0.0109. The number of amides is 1. The lowest BCUT2D eigenvalue weighted by Gasteiger charge is -2.35. The number of hydrogen-bond donors (Lipinski definition) is 1. The van der Waals surface area contributed by atoms with Crippen LogP contribution in [0.4, 0.5) is 0 Å². The Hall–Kier alpha value is -0.530. The molecule has 0 radical (unpaired) electrons. The van der Waals surface area contributed by atoms with Gasteiger partial charge < -0.3 is 5.32 Å².